The van der Waals surface area contributed by atoms with Crippen molar-refractivity contribution in [2.24, 2.45) is 5.92 Å². The number of rotatable bonds is 4. The van der Waals surface area contributed by atoms with Gasteiger partial charge in [-0.1, -0.05) is 120 Å². The predicted molar refractivity (Wildman–Crippen MR) is 123 cm³/mol. The molecule has 1 unspecified atom stereocenters. The van der Waals surface area contributed by atoms with Gasteiger partial charge < -0.3 is 0 Å². The highest BCUT2D eigenvalue weighted by atomic mass is 14.5. The normalized spacial score (nSPS) is 17.8. The molecule has 2 aliphatic carbocycles. The molecule has 0 N–H and O–H groups in total. The van der Waals surface area contributed by atoms with Crippen molar-refractivity contribution in [3.63, 3.8) is 0 Å². The van der Waals surface area contributed by atoms with Gasteiger partial charge in [-0.2, -0.15) is 0 Å². The first-order valence-corrected chi connectivity index (χ1v) is 10.5. The highest BCUT2D eigenvalue weighted by Gasteiger charge is 2.48. The highest BCUT2D eigenvalue weighted by molar-refractivity contribution is 5.67. The van der Waals surface area contributed by atoms with Crippen molar-refractivity contribution >= 4 is 6.08 Å². The van der Waals surface area contributed by atoms with Crippen LogP contribution in [-0.2, 0) is 5.41 Å². The Morgan fingerprint density at radius 2 is 1.17 bits per heavy atom. The van der Waals surface area contributed by atoms with E-state index < -0.39 is 0 Å². The number of fused-ring (bicyclic) bond motifs is 1. The summed E-state index contributed by atoms with van der Waals surface area (Å²) in [5.41, 5.74) is 7.92. The Morgan fingerprint density at radius 3 is 1.76 bits per heavy atom. The Morgan fingerprint density at radius 1 is 0.621 bits per heavy atom. The van der Waals surface area contributed by atoms with Crippen LogP contribution in [0.15, 0.2) is 103 Å². The van der Waals surface area contributed by atoms with Crippen molar-refractivity contribution in [2.75, 3.05) is 0 Å². The Balaban J connectivity index is 1.83. The van der Waals surface area contributed by atoms with Crippen molar-refractivity contribution in [3.05, 3.63) is 137 Å². The maximum atomic E-state index is 2.42. The van der Waals surface area contributed by atoms with Gasteiger partial charge in [0.25, 0.3) is 0 Å². The molecule has 0 saturated carbocycles. The molecule has 5 rings (SSSR count). The minimum absolute atomic E-state index is 0.187. The maximum Gasteiger partial charge on any atom is 0.0403 e. The second kappa shape index (κ2) is 7.04. The minimum Gasteiger partial charge on any atom is -0.0764 e. The Bertz CT molecular complexity index is 1050. The molecule has 2 aliphatic rings. The van der Waals surface area contributed by atoms with Crippen LogP contribution in [0.4, 0.5) is 0 Å². The molecule has 142 valence electrons. The molecule has 0 aliphatic heterocycles. The van der Waals surface area contributed by atoms with E-state index in [1.807, 2.05) is 0 Å². The first-order chi connectivity index (χ1) is 14.2. The molecule has 0 amide bonds. The summed E-state index contributed by atoms with van der Waals surface area (Å²) in [7, 11) is 0. The van der Waals surface area contributed by atoms with E-state index in [9.17, 15) is 0 Å². The predicted octanol–water partition coefficient (Wildman–Crippen LogP) is 7.14. The van der Waals surface area contributed by atoms with E-state index in [1.165, 1.54) is 33.4 Å². The molecule has 0 bridgehead atoms. The lowest BCUT2D eigenvalue weighted by molar-refractivity contribution is 0.401. The molecule has 0 spiro atoms. The Kier molecular flexibility index (Phi) is 4.36. The monoisotopic (exact) mass is 374 g/mol. The van der Waals surface area contributed by atoms with Crippen LogP contribution in [-0.4, -0.2) is 0 Å². The fourth-order valence-corrected chi connectivity index (χ4v) is 5.16. The van der Waals surface area contributed by atoms with Gasteiger partial charge in [-0.15, -0.1) is 0 Å². The maximum absolute atomic E-state index is 2.42. The van der Waals surface area contributed by atoms with Crippen LogP contribution < -0.4 is 0 Å². The topological polar surface area (TPSA) is 0 Å². The van der Waals surface area contributed by atoms with Gasteiger partial charge in [0.1, 0.15) is 0 Å². The van der Waals surface area contributed by atoms with E-state index >= 15 is 0 Å². The number of benzene rings is 3. The molecule has 0 fully saturated rings. The lowest BCUT2D eigenvalue weighted by Gasteiger charge is -2.44. The summed E-state index contributed by atoms with van der Waals surface area (Å²) >= 11 is 0. The summed E-state index contributed by atoms with van der Waals surface area (Å²) in [6, 6.07) is 27.2. The number of aryl methyl sites for hydroxylation is 2. The zero-order chi connectivity index (χ0) is 19.8. The second-order valence-corrected chi connectivity index (χ2v) is 8.36. The van der Waals surface area contributed by atoms with Crippen LogP contribution >= 0.6 is 0 Å². The van der Waals surface area contributed by atoms with Gasteiger partial charge in [0.2, 0.25) is 0 Å². The molecule has 3 aromatic carbocycles. The average Bonchev–Trinajstić information content (AvgIpc) is 3.42. The summed E-state index contributed by atoms with van der Waals surface area (Å²) in [4.78, 5) is 0. The van der Waals surface area contributed by atoms with E-state index in [2.05, 4.69) is 123 Å². The summed E-state index contributed by atoms with van der Waals surface area (Å²) in [6.07, 6.45) is 13.9. The third kappa shape index (κ3) is 2.83. The van der Waals surface area contributed by atoms with Crippen LogP contribution in [0.1, 0.15) is 39.3 Å². The quantitative estimate of drug-likeness (QED) is 0.455. The molecule has 0 nitrogen and oxygen atoms in total. The molecule has 1 atom stereocenters. The van der Waals surface area contributed by atoms with Crippen molar-refractivity contribution in [2.45, 2.75) is 25.2 Å². The fraction of sp³-hybridized carbons (Fsp3) is 0.172. The molecular formula is C29H26. The van der Waals surface area contributed by atoms with E-state index in [1.54, 1.807) is 0 Å². The van der Waals surface area contributed by atoms with Gasteiger partial charge in [0, 0.05) is 17.3 Å². The van der Waals surface area contributed by atoms with E-state index in [-0.39, 0.29) is 11.3 Å². The van der Waals surface area contributed by atoms with Gasteiger partial charge in [0.05, 0.1) is 0 Å². The summed E-state index contributed by atoms with van der Waals surface area (Å²) in [6.45, 7) is 4.33. The Hall–Kier alpha value is -3.12. The standard InChI is InChI=1S/C29H26/c1-21-11-16-25(17-12-21)29(24-8-4-5-9-24,26-18-13-22(2)14-19-26)28-20-15-23-7-3-6-10-27(23)28/h3-20,24,28H,1-2H3. The van der Waals surface area contributed by atoms with Crippen LogP contribution in [0.2, 0.25) is 0 Å². The van der Waals surface area contributed by atoms with Crippen LogP contribution in [0.25, 0.3) is 6.08 Å². The smallest absolute Gasteiger partial charge is 0.0403 e. The molecule has 0 aromatic heterocycles. The van der Waals surface area contributed by atoms with Gasteiger partial charge in [0.15, 0.2) is 0 Å². The molecule has 3 aromatic rings. The van der Waals surface area contributed by atoms with Crippen molar-refractivity contribution in [1.29, 1.82) is 0 Å². The third-order valence-corrected chi connectivity index (χ3v) is 6.62. The number of hydrogen-bond donors (Lipinski definition) is 0. The average molecular weight is 375 g/mol. The van der Waals surface area contributed by atoms with E-state index in [0.29, 0.717) is 5.92 Å². The van der Waals surface area contributed by atoms with Crippen LogP contribution in [0, 0.1) is 19.8 Å². The molecule has 0 saturated heterocycles. The largest absolute Gasteiger partial charge is 0.0764 e. The first kappa shape index (κ1) is 17.9. The number of allylic oxidation sites excluding steroid dienone is 5. The van der Waals surface area contributed by atoms with Crippen molar-refractivity contribution in [1.82, 2.24) is 0 Å². The highest BCUT2D eigenvalue weighted by Crippen LogP contribution is 2.55. The third-order valence-electron chi connectivity index (χ3n) is 6.62. The molecule has 29 heavy (non-hydrogen) atoms. The summed E-state index contributed by atoms with van der Waals surface area (Å²) < 4.78 is 0. The lowest BCUT2D eigenvalue weighted by Crippen LogP contribution is -2.39. The van der Waals surface area contributed by atoms with E-state index in [0.717, 1.165) is 0 Å². The molecular weight excluding hydrogens is 348 g/mol. The Labute approximate surface area is 173 Å². The van der Waals surface area contributed by atoms with Gasteiger partial charge in [-0.05, 0) is 36.1 Å². The van der Waals surface area contributed by atoms with Gasteiger partial charge >= 0.3 is 0 Å². The van der Waals surface area contributed by atoms with Gasteiger partial charge in [-0.3, -0.25) is 0 Å². The molecule has 0 radical (unpaired) electrons. The van der Waals surface area contributed by atoms with Crippen molar-refractivity contribution in [3.8, 4) is 0 Å². The molecule has 0 heteroatoms. The fourth-order valence-electron chi connectivity index (χ4n) is 5.16. The summed E-state index contributed by atoms with van der Waals surface area (Å²) in [5, 5.41) is 0. The molecule has 0 heterocycles. The van der Waals surface area contributed by atoms with Crippen LogP contribution in [0.5, 0.6) is 0 Å². The van der Waals surface area contributed by atoms with E-state index in [4.69, 9.17) is 0 Å². The first-order valence-electron chi connectivity index (χ1n) is 10.5. The lowest BCUT2D eigenvalue weighted by atomic mass is 9.58. The van der Waals surface area contributed by atoms with Crippen LogP contribution in [0.3, 0.4) is 0 Å². The van der Waals surface area contributed by atoms with Gasteiger partial charge in [-0.25, -0.2) is 0 Å². The van der Waals surface area contributed by atoms with Crippen molar-refractivity contribution < 1.29 is 0 Å². The minimum atomic E-state index is -0.187. The zero-order valence-corrected chi connectivity index (χ0v) is 17.0. The SMILES string of the molecule is Cc1ccc(C(c2ccc(C)cc2)(C2C=CC=C2)C2C=Cc3ccccc32)cc1. The second-order valence-electron chi connectivity index (χ2n) is 8.36. The zero-order valence-electron chi connectivity index (χ0n) is 17.0. The number of hydrogen-bond acceptors (Lipinski definition) is 0. The summed E-state index contributed by atoms with van der Waals surface area (Å²) in [5.74, 6) is 0.579.